The van der Waals surface area contributed by atoms with Gasteiger partial charge in [0.2, 0.25) is 0 Å². The minimum Gasteiger partial charge on any atom is -0.394 e. The molecule has 1 aromatic carbocycles. The first-order valence-electron chi connectivity index (χ1n) is 5.20. The van der Waals surface area contributed by atoms with E-state index in [1.807, 2.05) is 0 Å². The van der Waals surface area contributed by atoms with Crippen molar-refractivity contribution in [2.24, 2.45) is 7.05 Å². The van der Waals surface area contributed by atoms with Crippen LogP contribution in [0.1, 0.15) is 5.56 Å². The van der Waals surface area contributed by atoms with Crippen molar-refractivity contribution >= 4 is 33.1 Å². The molecule has 0 atom stereocenters. The highest BCUT2D eigenvalue weighted by atomic mass is 79.9. The number of anilines is 3. The summed E-state index contributed by atoms with van der Waals surface area (Å²) in [4.78, 5) is 0. The van der Waals surface area contributed by atoms with Gasteiger partial charge in [-0.05, 0) is 34.1 Å². The van der Waals surface area contributed by atoms with E-state index in [2.05, 4.69) is 26.3 Å². The van der Waals surface area contributed by atoms with Gasteiger partial charge < -0.3 is 11.1 Å². The van der Waals surface area contributed by atoms with Gasteiger partial charge in [-0.25, -0.2) is 0 Å². The fourth-order valence-electron chi connectivity index (χ4n) is 1.53. The molecule has 0 fully saturated rings. The molecule has 0 radical (unpaired) electrons. The van der Waals surface area contributed by atoms with E-state index in [0.717, 1.165) is 12.1 Å². The number of nitrogens with one attached hydrogen (secondary N) is 1. The lowest BCUT2D eigenvalue weighted by Gasteiger charge is -2.11. The Morgan fingerprint density at radius 1 is 1.37 bits per heavy atom. The summed E-state index contributed by atoms with van der Waals surface area (Å²) in [7, 11) is 1.67. The normalized spacial score (nSPS) is 11.6. The molecule has 2 rings (SSSR count). The highest BCUT2D eigenvalue weighted by Gasteiger charge is 2.31. The van der Waals surface area contributed by atoms with Crippen LogP contribution in [0, 0.1) is 0 Å². The van der Waals surface area contributed by atoms with Gasteiger partial charge in [-0.3, -0.25) is 4.68 Å². The van der Waals surface area contributed by atoms with Gasteiger partial charge in [0.25, 0.3) is 0 Å². The van der Waals surface area contributed by atoms with E-state index in [-0.39, 0.29) is 5.69 Å². The molecule has 0 aliphatic carbocycles. The summed E-state index contributed by atoms with van der Waals surface area (Å²) < 4.78 is 39.9. The zero-order chi connectivity index (χ0) is 14.2. The second-order valence-corrected chi connectivity index (χ2v) is 4.78. The molecule has 4 nitrogen and oxygen atoms in total. The van der Waals surface area contributed by atoms with Gasteiger partial charge in [-0.1, -0.05) is 0 Å². The summed E-state index contributed by atoms with van der Waals surface area (Å²) in [5.41, 5.74) is 5.54. The molecule has 0 aliphatic rings. The Bertz CT molecular complexity index is 606. The van der Waals surface area contributed by atoms with Crippen LogP contribution in [0.2, 0.25) is 0 Å². The summed E-state index contributed by atoms with van der Waals surface area (Å²) in [6, 6.07) is 3.32. The predicted octanol–water partition coefficient (Wildman–Crippen LogP) is 3.53. The molecule has 19 heavy (non-hydrogen) atoms. The highest BCUT2D eigenvalue weighted by Crippen LogP contribution is 2.35. The molecule has 0 spiro atoms. The lowest BCUT2D eigenvalue weighted by molar-refractivity contribution is -0.137. The van der Waals surface area contributed by atoms with Gasteiger partial charge in [0, 0.05) is 17.7 Å². The smallest absolute Gasteiger partial charge is 0.394 e. The average Bonchev–Trinajstić information content (AvgIpc) is 2.59. The molecule has 3 N–H and O–H groups in total. The zero-order valence-corrected chi connectivity index (χ0v) is 11.4. The minimum atomic E-state index is -4.40. The third-order valence-electron chi connectivity index (χ3n) is 2.40. The monoisotopic (exact) mass is 334 g/mol. The summed E-state index contributed by atoms with van der Waals surface area (Å²) in [6.07, 6.45) is -2.84. The van der Waals surface area contributed by atoms with Crippen molar-refractivity contribution < 1.29 is 13.2 Å². The molecule has 0 bridgehead atoms. The van der Waals surface area contributed by atoms with Crippen LogP contribution >= 0.6 is 15.9 Å². The number of halogens is 4. The van der Waals surface area contributed by atoms with Crippen LogP contribution in [0.5, 0.6) is 0 Å². The largest absolute Gasteiger partial charge is 0.416 e. The number of hydrogen-bond acceptors (Lipinski definition) is 3. The molecule has 0 saturated heterocycles. The van der Waals surface area contributed by atoms with E-state index < -0.39 is 11.7 Å². The number of aromatic nitrogens is 2. The van der Waals surface area contributed by atoms with Crippen LogP contribution in [0.3, 0.4) is 0 Å². The number of rotatable bonds is 2. The Labute approximate surface area is 115 Å². The van der Waals surface area contributed by atoms with Crippen LogP contribution < -0.4 is 11.1 Å². The van der Waals surface area contributed by atoms with Gasteiger partial charge in [-0.15, -0.1) is 0 Å². The summed E-state index contributed by atoms with van der Waals surface area (Å²) >= 11 is 3.18. The van der Waals surface area contributed by atoms with Crippen molar-refractivity contribution in [3.63, 3.8) is 0 Å². The molecular formula is C11H10BrF3N4. The number of nitrogen functional groups attached to an aromatic ring is 1. The van der Waals surface area contributed by atoms with Crippen LogP contribution in [0.4, 0.5) is 30.4 Å². The second-order valence-electron chi connectivity index (χ2n) is 3.92. The first kappa shape index (κ1) is 13.7. The lowest BCUT2D eigenvalue weighted by Crippen LogP contribution is -2.06. The van der Waals surface area contributed by atoms with E-state index >= 15 is 0 Å². The fraction of sp³-hybridized carbons (Fsp3) is 0.182. The van der Waals surface area contributed by atoms with Crippen molar-refractivity contribution in [2.75, 3.05) is 11.1 Å². The number of nitrogens with zero attached hydrogens (tertiary/aromatic N) is 2. The molecule has 0 amide bonds. The van der Waals surface area contributed by atoms with Gasteiger partial charge in [0.15, 0.2) is 5.82 Å². The maximum atomic E-state index is 12.6. The van der Waals surface area contributed by atoms with Gasteiger partial charge in [0.1, 0.15) is 0 Å². The van der Waals surface area contributed by atoms with Gasteiger partial charge >= 0.3 is 6.18 Å². The third kappa shape index (κ3) is 3.01. The van der Waals surface area contributed by atoms with E-state index in [4.69, 9.17) is 5.73 Å². The number of hydrogen-bond donors (Lipinski definition) is 2. The molecule has 8 heteroatoms. The molecular weight excluding hydrogens is 325 g/mol. The molecule has 102 valence electrons. The Kier molecular flexibility index (Phi) is 3.44. The average molecular weight is 335 g/mol. The molecule has 0 saturated carbocycles. The first-order chi connectivity index (χ1) is 8.77. The Balaban J connectivity index is 2.37. The van der Waals surface area contributed by atoms with Crippen molar-refractivity contribution in [3.8, 4) is 0 Å². The molecule has 0 aliphatic heterocycles. The highest BCUT2D eigenvalue weighted by molar-refractivity contribution is 9.10. The summed E-state index contributed by atoms with van der Waals surface area (Å²) in [5, 5.41) is 6.79. The van der Waals surface area contributed by atoms with Crippen molar-refractivity contribution in [2.45, 2.75) is 6.18 Å². The maximum Gasteiger partial charge on any atom is 0.416 e. The minimum absolute atomic E-state index is 0.250. The van der Waals surface area contributed by atoms with E-state index in [1.165, 1.54) is 10.7 Å². The maximum absolute atomic E-state index is 12.6. The third-order valence-corrected chi connectivity index (χ3v) is 3.10. The lowest BCUT2D eigenvalue weighted by atomic mass is 10.2. The molecule has 1 aromatic heterocycles. The van der Waals surface area contributed by atoms with Gasteiger partial charge in [0.05, 0.1) is 16.9 Å². The molecule has 0 unspecified atom stereocenters. The number of aryl methyl sites for hydroxylation is 1. The van der Waals surface area contributed by atoms with Crippen LogP contribution in [0.25, 0.3) is 0 Å². The Morgan fingerprint density at radius 3 is 2.58 bits per heavy atom. The Morgan fingerprint density at radius 2 is 2.05 bits per heavy atom. The first-order valence-corrected chi connectivity index (χ1v) is 5.99. The van der Waals surface area contributed by atoms with E-state index in [1.54, 1.807) is 13.2 Å². The standard InChI is InChI=1S/C11H10BrF3N4/c1-19-5-8(16)10(18-19)17-9-4-6(11(13,14)15)2-3-7(9)12/h2-5H,16H2,1H3,(H,17,18). The second kappa shape index (κ2) is 4.76. The summed E-state index contributed by atoms with van der Waals surface area (Å²) in [5.74, 6) is 0.308. The number of alkyl halides is 3. The van der Waals surface area contributed by atoms with E-state index in [0.29, 0.717) is 16.0 Å². The van der Waals surface area contributed by atoms with Gasteiger partial charge in [-0.2, -0.15) is 18.3 Å². The Hall–Kier alpha value is -1.70. The topological polar surface area (TPSA) is 55.9 Å². The predicted molar refractivity (Wildman–Crippen MR) is 70.0 cm³/mol. The summed E-state index contributed by atoms with van der Waals surface area (Å²) in [6.45, 7) is 0. The van der Waals surface area contributed by atoms with Crippen LogP contribution in [-0.4, -0.2) is 9.78 Å². The van der Waals surface area contributed by atoms with Crippen molar-refractivity contribution in [1.82, 2.24) is 9.78 Å². The number of nitrogens with two attached hydrogens (primary N) is 1. The number of benzene rings is 1. The SMILES string of the molecule is Cn1cc(N)c(Nc2cc(C(F)(F)F)ccc2Br)n1. The van der Waals surface area contributed by atoms with E-state index in [9.17, 15) is 13.2 Å². The quantitative estimate of drug-likeness (QED) is 0.883. The fourth-order valence-corrected chi connectivity index (χ4v) is 1.87. The van der Waals surface area contributed by atoms with Crippen LogP contribution in [0.15, 0.2) is 28.9 Å². The molecule has 2 aromatic rings. The zero-order valence-electron chi connectivity index (χ0n) is 9.79. The van der Waals surface area contributed by atoms with Crippen molar-refractivity contribution in [1.29, 1.82) is 0 Å². The van der Waals surface area contributed by atoms with Crippen LogP contribution in [-0.2, 0) is 13.2 Å². The molecule has 1 heterocycles. The van der Waals surface area contributed by atoms with Crippen molar-refractivity contribution in [3.05, 3.63) is 34.4 Å².